The molecule has 3 N–H and O–H groups in total. The molecule has 0 aromatic rings. The van der Waals surface area contributed by atoms with Crippen molar-refractivity contribution in [3.63, 3.8) is 0 Å². The SMILES string of the molecule is CC(C)NC(=O)NC1CCNCC1. The molecule has 0 unspecified atom stereocenters. The van der Waals surface area contributed by atoms with Gasteiger partial charge in [-0.3, -0.25) is 0 Å². The van der Waals surface area contributed by atoms with Crippen molar-refractivity contribution in [2.45, 2.75) is 38.8 Å². The molecule has 2 amide bonds. The van der Waals surface area contributed by atoms with Crippen molar-refractivity contribution in [2.75, 3.05) is 13.1 Å². The number of carbonyl (C=O) groups excluding carboxylic acids is 1. The lowest BCUT2D eigenvalue weighted by atomic mass is 10.1. The van der Waals surface area contributed by atoms with Crippen molar-refractivity contribution < 1.29 is 4.79 Å². The molecule has 0 aromatic heterocycles. The molecule has 1 aliphatic heterocycles. The van der Waals surface area contributed by atoms with Crippen LogP contribution in [-0.2, 0) is 0 Å². The van der Waals surface area contributed by atoms with E-state index in [1.54, 1.807) is 0 Å². The number of amides is 2. The van der Waals surface area contributed by atoms with Gasteiger partial charge in [-0.05, 0) is 39.8 Å². The quantitative estimate of drug-likeness (QED) is 0.585. The van der Waals surface area contributed by atoms with Crippen LogP contribution in [-0.4, -0.2) is 31.2 Å². The zero-order chi connectivity index (χ0) is 9.68. The Labute approximate surface area is 79.5 Å². The van der Waals surface area contributed by atoms with E-state index in [9.17, 15) is 4.79 Å². The molecule has 13 heavy (non-hydrogen) atoms. The first kappa shape index (κ1) is 10.3. The van der Waals surface area contributed by atoms with Crippen LogP contribution in [0.15, 0.2) is 0 Å². The van der Waals surface area contributed by atoms with Crippen LogP contribution in [0.2, 0.25) is 0 Å². The maximum absolute atomic E-state index is 11.3. The summed E-state index contributed by atoms with van der Waals surface area (Å²) in [6.45, 7) is 5.93. The van der Waals surface area contributed by atoms with Crippen molar-refractivity contribution in [3.8, 4) is 0 Å². The first-order valence-electron chi connectivity index (χ1n) is 4.96. The Bertz CT molecular complexity index is 164. The van der Waals surface area contributed by atoms with Gasteiger partial charge in [0.25, 0.3) is 0 Å². The lowest BCUT2D eigenvalue weighted by Crippen LogP contribution is -2.48. The van der Waals surface area contributed by atoms with Gasteiger partial charge in [0.1, 0.15) is 0 Å². The topological polar surface area (TPSA) is 53.2 Å². The number of hydrogen-bond acceptors (Lipinski definition) is 2. The molecule has 1 rings (SSSR count). The maximum Gasteiger partial charge on any atom is 0.315 e. The summed E-state index contributed by atoms with van der Waals surface area (Å²) in [5, 5.41) is 9.04. The maximum atomic E-state index is 11.3. The van der Waals surface area contributed by atoms with Crippen molar-refractivity contribution in [2.24, 2.45) is 0 Å². The molecular weight excluding hydrogens is 166 g/mol. The summed E-state index contributed by atoms with van der Waals surface area (Å²) < 4.78 is 0. The summed E-state index contributed by atoms with van der Waals surface area (Å²) in [6.07, 6.45) is 2.07. The zero-order valence-corrected chi connectivity index (χ0v) is 8.39. The second-order valence-electron chi connectivity index (χ2n) is 3.80. The van der Waals surface area contributed by atoms with Crippen LogP contribution in [0, 0.1) is 0 Å². The van der Waals surface area contributed by atoms with E-state index in [4.69, 9.17) is 0 Å². The predicted octanol–water partition coefficient (Wildman–Crippen LogP) is 0.446. The third-order valence-corrected chi connectivity index (χ3v) is 2.09. The highest BCUT2D eigenvalue weighted by Crippen LogP contribution is 2.01. The number of hydrogen-bond donors (Lipinski definition) is 3. The van der Waals surface area contributed by atoms with Crippen LogP contribution in [0.5, 0.6) is 0 Å². The molecule has 76 valence electrons. The minimum atomic E-state index is -0.0399. The van der Waals surface area contributed by atoms with Gasteiger partial charge < -0.3 is 16.0 Å². The highest BCUT2D eigenvalue weighted by atomic mass is 16.2. The molecular formula is C9H19N3O. The molecule has 0 saturated carbocycles. The van der Waals surface area contributed by atoms with Gasteiger partial charge >= 0.3 is 6.03 Å². The third-order valence-electron chi connectivity index (χ3n) is 2.09. The monoisotopic (exact) mass is 185 g/mol. The van der Waals surface area contributed by atoms with Crippen molar-refractivity contribution in [3.05, 3.63) is 0 Å². The van der Waals surface area contributed by atoms with Gasteiger partial charge in [0.15, 0.2) is 0 Å². The van der Waals surface area contributed by atoms with E-state index < -0.39 is 0 Å². The zero-order valence-electron chi connectivity index (χ0n) is 8.39. The number of urea groups is 1. The minimum Gasteiger partial charge on any atom is -0.336 e. The first-order chi connectivity index (χ1) is 6.18. The van der Waals surface area contributed by atoms with Crippen LogP contribution >= 0.6 is 0 Å². The summed E-state index contributed by atoms with van der Waals surface area (Å²) in [4.78, 5) is 11.3. The smallest absolute Gasteiger partial charge is 0.315 e. The first-order valence-corrected chi connectivity index (χ1v) is 4.96. The average molecular weight is 185 g/mol. The number of carbonyl (C=O) groups is 1. The third kappa shape index (κ3) is 4.12. The summed E-state index contributed by atoms with van der Waals surface area (Å²) in [5.74, 6) is 0. The number of rotatable bonds is 2. The minimum absolute atomic E-state index is 0.0399. The Balaban J connectivity index is 2.18. The van der Waals surface area contributed by atoms with Gasteiger partial charge in [-0.15, -0.1) is 0 Å². The van der Waals surface area contributed by atoms with E-state index >= 15 is 0 Å². The Morgan fingerprint density at radius 1 is 1.38 bits per heavy atom. The summed E-state index contributed by atoms with van der Waals surface area (Å²) in [6, 6.07) is 0.517. The Hall–Kier alpha value is -0.770. The molecule has 1 fully saturated rings. The number of nitrogens with one attached hydrogen (secondary N) is 3. The highest BCUT2D eigenvalue weighted by molar-refractivity contribution is 5.74. The summed E-state index contributed by atoms with van der Waals surface area (Å²) in [5.41, 5.74) is 0. The second kappa shape index (κ2) is 5.07. The molecule has 1 aliphatic rings. The van der Waals surface area contributed by atoms with Crippen molar-refractivity contribution in [1.82, 2.24) is 16.0 Å². The molecule has 0 bridgehead atoms. The Morgan fingerprint density at radius 2 is 2.00 bits per heavy atom. The van der Waals surface area contributed by atoms with Gasteiger partial charge in [0.2, 0.25) is 0 Å². The molecule has 1 heterocycles. The molecule has 0 spiro atoms. The van der Waals surface area contributed by atoms with Crippen LogP contribution in [0.3, 0.4) is 0 Å². The average Bonchev–Trinajstić information content (AvgIpc) is 2.04. The van der Waals surface area contributed by atoms with Gasteiger partial charge in [0.05, 0.1) is 0 Å². The predicted molar refractivity (Wildman–Crippen MR) is 52.7 cm³/mol. The normalized spacial score (nSPS) is 18.7. The Kier molecular flexibility index (Phi) is 4.02. The molecule has 0 atom stereocenters. The summed E-state index contributed by atoms with van der Waals surface area (Å²) in [7, 11) is 0. The fraction of sp³-hybridized carbons (Fsp3) is 0.889. The van der Waals surface area contributed by atoms with E-state index in [1.165, 1.54) is 0 Å². The van der Waals surface area contributed by atoms with Gasteiger partial charge in [-0.1, -0.05) is 0 Å². The molecule has 0 radical (unpaired) electrons. The van der Waals surface area contributed by atoms with Gasteiger partial charge in [0, 0.05) is 12.1 Å². The molecule has 0 aliphatic carbocycles. The lowest BCUT2D eigenvalue weighted by molar-refractivity contribution is 0.231. The van der Waals surface area contributed by atoms with E-state index in [2.05, 4.69) is 16.0 Å². The largest absolute Gasteiger partial charge is 0.336 e. The lowest BCUT2D eigenvalue weighted by Gasteiger charge is -2.24. The van der Waals surface area contributed by atoms with Crippen LogP contribution in [0.25, 0.3) is 0 Å². The van der Waals surface area contributed by atoms with E-state index in [1.807, 2.05) is 13.8 Å². The molecule has 4 nitrogen and oxygen atoms in total. The second-order valence-corrected chi connectivity index (χ2v) is 3.80. The van der Waals surface area contributed by atoms with Gasteiger partial charge in [-0.25, -0.2) is 4.79 Å². The fourth-order valence-corrected chi connectivity index (χ4v) is 1.46. The van der Waals surface area contributed by atoms with Crippen LogP contribution in [0.4, 0.5) is 4.79 Å². The Morgan fingerprint density at radius 3 is 2.54 bits per heavy atom. The molecule has 0 aromatic carbocycles. The highest BCUT2D eigenvalue weighted by Gasteiger charge is 2.14. The van der Waals surface area contributed by atoms with E-state index in [0.717, 1.165) is 25.9 Å². The molecule has 1 saturated heterocycles. The van der Waals surface area contributed by atoms with Crippen molar-refractivity contribution >= 4 is 6.03 Å². The van der Waals surface area contributed by atoms with Gasteiger partial charge in [-0.2, -0.15) is 0 Å². The standard InChI is InChI=1S/C9H19N3O/c1-7(2)11-9(13)12-8-3-5-10-6-4-8/h7-8,10H,3-6H2,1-2H3,(H2,11,12,13). The fourth-order valence-electron chi connectivity index (χ4n) is 1.46. The number of piperidine rings is 1. The van der Waals surface area contributed by atoms with Crippen LogP contribution in [0.1, 0.15) is 26.7 Å². The van der Waals surface area contributed by atoms with Crippen LogP contribution < -0.4 is 16.0 Å². The van der Waals surface area contributed by atoms with E-state index in [0.29, 0.717) is 6.04 Å². The molecule has 4 heteroatoms. The summed E-state index contributed by atoms with van der Waals surface area (Å²) >= 11 is 0. The van der Waals surface area contributed by atoms with E-state index in [-0.39, 0.29) is 12.1 Å². The van der Waals surface area contributed by atoms with Crippen molar-refractivity contribution in [1.29, 1.82) is 0 Å².